The lowest BCUT2D eigenvalue weighted by Crippen LogP contribution is -2.06. The molecule has 0 aliphatic heterocycles. The van der Waals surface area contributed by atoms with Crippen molar-refractivity contribution in [1.82, 2.24) is 0 Å². The second-order valence-electron chi connectivity index (χ2n) is 5.16. The van der Waals surface area contributed by atoms with Gasteiger partial charge in [0.25, 0.3) is 0 Å². The number of ether oxygens (including phenoxy) is 1. The number of fused-ring (bicyclic) bond motifs is 1. The Morgan fingerprint density at radius 3 is 2.78 bits per heavy atom. The molecule has 0 amide bonds. The first-order chi connectivity index (χ1) is 8.70. The molecule has 1 aromatic rings. The van der Waals surface area contributed by atoms with Crippen LogP contribution in [0.25, 0.3) is 5.57 Å². The van der Waals surface area contributed by atoms with Crippen molar-refractivity contribution >= 4 is 5.57 Å². The number of aryl methyl sites for hydroxylation is 1. The van der Waals surface area contributed by atoms with E-state index in [1.54, 1.807) is 0 Å². The lowest BCUT2D eigenvalue weighted by Gasteiger charge is -2.14. The fourth-order valence-corrected chi connectivity index (χ4v) is 2.54. The van der Waals surface area contributed by atoms with Gasteiger partial charge in [-0.2, -0.15) is 0 Å². The lowest BCUT2D eigenvalue weighted by molar-refractivity contribution is 0.242. The Balaban J connectivity index is 2.36. The van der Waals surface area contributed by atoms with Gasteiger partial charge in [0, 0.05) is 6.54 Å². The smallest absolute Gasteiger partial charge is 0.120 e. The molecule has 98 valence electrons. The van der Waals surface area contributed by atoms with Gasteiger partial charge in [-0.05, 0) is 68.4 Å². The van der Waals surface area contributed by atoms with Crippen LogP contribution in [0, 0.1) is 0 Å². The quantitative estimate of drug-likeness (QED) is 0.827. The van der Waals surface area contributed by atoms with E-state index in [1.807, 2.05) is 0 Å². The van der Waals surface area contributed by atoms with Crippen molar-refractivity contribution in [3.8, 4) is 5.75 Å². The predicted octanol–water partition coefficient (Wildman–Crippen LogP) is 3.54. The van der Waals surface area contributed by atoms with Gasteiger partial charge < -0.3 is 10.5 Å². The summed E-state index contributed by atoms with van der Waals surface area (Å²) in [7, 11) is 0. The lowest BCUT2D eigenvalue weighted by atomic mass is 9.98. The van der Waals surface area contributed by atoms with Crippen LogP contribution < -0.4 is 10.5 Å². The monoisotopic (exact) mass is 245 g/mol. The molecule has 1 aliphatic carbocycles. The van der Waals surface area contributed by atoms with Gasteiger partial charge in [-0.15, -0.1) is 0 Å². The summed E-state index contributed by atoms with van der Waals surface area (Å²) in [6, 6.07) is 6.48. The maximum Gasteiger partial charge on any atom is 0.120 e. The second kappa shape index (κ2) is 6.05. The number of benzene rings is 1. The SMILES string of the molecule is CC(C)Oc1ccc2c(c1)C(=CCN)CCCC2. The largest absolute Gasteiger partial charge is 0.491 e. The molecule has 1 aromatic carbocycles. The molecule has 2 nitrogen and oxygen atoms in total. The zero-order valence-corrected chi connectivity index (χ0v) is 11.4. The Morgan fingerprint density at radius 2 is 2.06 bits per heavy atom. The van der Waals surface area contributed by atoms with Crippen LogP contribution in [-0.4, -0.2) is 12.6 Å². The summed E-state index contributed by atoms with van der Waals surface area (Å²) < 4.78 is 5.79. The molecule has 2 rings (SSSR count). The number of rotatable bonds is 3. The van der Waals surface area contributed by atoms with Crippen molar-refractivity contribution in [1.29, 1.82) is 0 Å². The highest BCUT2D eigenvalue weighted by atomic mass is 16.5. The van der Waals surface area contributed by atoms with Crippen LogP contribution in [-0.2, 0) is 6.42 Å². The molecule has 2 N–H and O–H groups in total. The van der Waals surface area contributed by atoms with Gasteiger partial charge in [0.15, 0.2) is 0 Å². The number of nitrogens with two attached hydrogens (primary N) is 1. The molecule has 0 fully saturated rings. The van der Waals surface area contributed by atoms with Gasteiger partial charge in [0.2, 0.25) is 0 Å². The normalized spacial score (nSPS) is 17.7. The second-order valence-corrected chi connectivity index (χ2v) is 5.16. The third-order valence-electron chi connectivity index (χ3n) is 3.31. The Bertz CT molecular complexity index is 435. The minimum absolute atomic E-state index is 0.218. The zero-order chi connectivity index (χ0) is 13.0. The van der Waals surface area contributed by atoms with E-state index < -0.39 is 0 Å². The summed E-state index contributed by atoms with van der Waals surface area (Å²) in [5, 5.41) is 0. The standard InChI is InChI=1S/C16H23NO/c1-12(2)18-15-8-7-13-5-3-4-6-14(9-10-17)16(13)11-15/h7-9,11-12H,3-6,10,17H2,1-2H3. The van der Waals surface area contributed by atoms with Crippen LogP contribution in [0.3, 0.4) is 0 Å². The summed E-state index contributed by atoms with van der Waals surface area (Å²) in [6.07, 6.45) is 7.19. The summed E-state index contributed by atoms with van der Waals surface area (Å²) in [5.74, 6) is 0.966. The van der Waals surface area contributed by atoms with E-state index >= 15 is 0 Å². The molecule has 0 spiro atoms. The molecule has 0 bridgehead atoms. The molecule has 1 aliphatic rings. The van der Waals surface area contributed by atoms with Crippen LogP contribution in [0.4, 0.5) is 0 Å². The van der Waals surface area contributed by atoms with Crippen LogP contribution in [0.1, 0.15) is 44.2 Å². The maximum absolute atomic E-state index is 5.79. The van der Waals surface area contributed by atoms with E-state index in [9.17, 15) is 0 Å². The van der Waals surface area contributed by atoms with Crippen molar-refractivity contribution in [2.45, 2.75) is 45.6 Å². The first kappa shape index (κ1) is 13.2. The van der Waals surface area contributed by atoms with Crippen molar-refractivity contribution in [3.63, 3.8) is 0 Å². The number of hydrogen-bond donors (Lipinski definition) is 1. The first-order valence-electron chi connectivity index (χ1n) is 6.89. The Kier molecular flexibility index (Phi) is 4.43. The molecule has 0 heterocycles. The number of hydrogen-bond acceptors (Lipinski definition) is 2. The molecule has 0 atom stereocenters. The van der Waals surface area contributed by atoms with Gasteiger partial charge in [0.05, 0.1) is 6.10 Å². The van der Waals surface area contributed by atoms with Gasteiger partial charge in [-0.1, -0.05) is 12.1 Å². The fourth-order valence-electron chi connectivity index (χ4n) is 2.54. The van der Waals surface area contributed by atoms with E-state index in [2.05, 4.69) is 38.1 Å². The van der Waals surface area contributed by atoms with E-state index in [1.165, 1.54) is 36.0 Å². The van der Waals surface area contributed by atoms with Gasteiger partial charge in [-0.3, -0.25) is 0 Å². The highest BCUT2D eigenvalue weighted by molar-refractivity contribution is 5.70. The van der Waals surface area contributed by atoms with Crippen molar-refractivity contribution in [2.75, 3.05) is 6.54 Å². The van der Waals surface area contributed by atoms with Crippen molar-refractivity contribution in [2.24, 2.45) is 5.73 Å². The minimum atomic E-state index is 0.218. The minimum Gasteiger partial charge on any atom is -0.491 e. The molecule has 0 saturated carbocycles. The zero-order valence-electron chi connectivity index (χ0n) is 11.4. The maximum atomic E-state index is 5.79. The fraction of sp³-hybridized carbons (Fsp3) is 0.500. The Hall–Kier alpha value is -1.28. The van der Waals surface area contributed by atoms with Crippen LogP contribution in [0.5, 0.6) is 5.75 Å². The summed E-state index contributed by atoms with van der Waals surface area (Å²) in [6.45, 7) is 4.73. The third kappa shape index (κ3) is 3.14. The summed E-state index contributed by atoms with van der Waals surface area (Å²) in [4.78, 5) is 0. The molecule has 2 heteroatoms. The predicted molar refractivity (Wildman–Crippen MR) is 76.8 cm³/mol. The van der Waals surface area contributed by atoms with E-state index in [-0.39, 0.29) is 6.10 Å². The average molecular weight is 245 g/mol. The van der Waals surface area contributed by atoms with Crippen LogP contribution >= 0.6 is 0 Å². The molecule has 0 aromatic heterocycles. The molecule has 0 saturated heterocycles. The van der Waals surface area contributed by atoms with E-state index in [0.717, 1.165) is 12.2 Å². The van der Waals surface area contributed by atoms with Crippen molar-refractivity contribution < 1.29 is 4.74 Å². The van der Waals surface area contributed by atoms with Gasteiger partial charge in [-0.25, -0.2) is 0 Å². The highest BCUT2D eigenvalue weighted by Gasteiger charge is 2.13. The highest BCUT2D eigenvalue weighted by Crippen LogP contribution is 2.32. The molecule has 18 heavy (non-hydrogen) atoms. The van der Waals surface area contributed by atoms with Crippen molar-refractivity contribution in [3.05, 3.63) is 35.4 Å². The first-order valence-corrected chi connectivity index (χ1v) is 6.89. The molecular formula is C16H23NO. The Morgan fingerprint density at radius 1 is 1.28 bits per heavy atom. The Labute approximate surface area is 110 Å². The van der Waals surface area contributed by atoms with Gasteiger partial charge in [0.1, 0.15) is 5.75 Å². The van der Waals surface area contributed by atoms with Crippen LogP contribution in [0.15, 0.2) is 24.3 Å². The van der Waals surface area contributed by atoms with Crippen LogP contribution in [0.2, 0.25) is 0 Å². The summed E-state index contributed by atoms with van der Waals surface area (Å²) >= 11 is 0. The van der Waals surface area contributed by atoms with E-state index in [0.29, 0.717) is 6.54 Å². The average Bonchev–Trinajstić information content (AvgIpc) is 2.52. The molecular weight excluding hydrogens is 222 g/mol. The number of allylic oxidation sites excluding steroid dienone is 1. The van der Waals surface area contributed by atoms with E-state index in [4.69, 9.17) is 10.5 Å². The molecule has 0 radical (unpaired) electrons. The third-order valence-corrected chi connectivity index (χ3v) is 3.31. The topological polar surface area (TPSA) is 35.2 Å². The molecule has 0 unspecified atom stereocenters. The van der Waals surface area contributed by atoms with Gasteiger partial charge >= 0.3 is 0 Å². The summed E-state index contributed by atoms with van der Waals surface area (Å²) in [5.41, 5.74) is 9.84.